The molecule has 0 aliphatic carbocycles. The first kappa shape index (κ1) is 14.8. The van der Waals surface area contributed by atoms with Gasteiger partial charge in [-0.15, -0.1) is 0 Å². The van der Waals surface area contributed by atoms with Crippen LogP contribution in [0.5, 0.6) is 5.75 Å². The molecule has 0 amide bonds. The molecule has 0 saturated heterocycles. The summed E-state index contributed by atoms with van der Waals surface area (Å²) in [6.45, 7) is 4.46. The van der Waals surface area contributed by atoms with E-state index >= 15 is 0 Å². The number of likely N-dealkylation sites (N-methyl/N-ethyl adjacent to an activating group) is 1. The molecular formula is C14H23NO3. The van der Waals surface area contributed by atoms with Gasteiger partial charge in [0.15, 0.2) is 0 Å². The van der Waals surface area contributed by atoms with Gasteiger partial charge >= 0.3 is 0 Å². The molecule has 0 radical (unpaired) electrons. The van der Waals surface area contributed by atoms with Crippen molar-refractivity contribution in [3.05, 3.63) is 23.8 Å². The molecule has 0 saturated carbocycles. The summed E-state index contributed by atoms with van der Waals surface area (Å²) in [6.07, 6.45) is -0.576. The van der Waals surface area contributed by atoms with Crippen molar-refractivity contribution in [1.29, 1.82) is 0 Å². The van der Waals surface area contributed by atoms with Crippen LogP contribution in [0.2, 0.25) is 0 Å². The van der Waals surface area contributed by atoms with Gasteiger partial charge in [0, 0.05) is 31.5 Å². The summed E-state index contributed by atoms with van der Waals surface area (Å²) >= 11 is 0. The molecule has 1 rings (SSSR count). The van der Waals surface area contributed by atoms with Crippen LogP contribution in [0.1, 0.15) is 25.5 Å². The minimum Gasteiger partial charge on any atom is -0.496 e. The molecule has 0 aromatic heterocycles. The highest BCUT2D eigenvalue weighted by Crippen LogP contribution is 2.34. The number of rotatable bonds is 6. The number of nitrogens with zero attached hydrogens (tertiary/aromatic N) is 1. The molecule has 0 bridgehead atoms. The number of hydrogen-bond donors (Lipinski definition) is 1. The van der Waals surface area contributed by atoms with E-state index in [2.05, 4.69) is 11.8 Å². The maximum absolute atomic E-state index is 9.94. The van der Waals surface area contributed by atoms with E-state index in [1.807, 2.05) is 25.2 Å². The van der Waals surface area contributed by atoms with Gasteiger partial charge in [-0.1, -0.05) is 6.07 Å². The highest BCUT2D eigenvalue weighted by atomic mass is 16.5. The van der Waals surface area contributed by atoms with Gasteiger partial charge in [0.2, 0.25) is 0 Å². The molecule has 1 unspecified atom stereocenters. The van der Waals surface area contributed by atoms with Crippen molar-refractivity contribution in [3.63, 3.8) is 0 Å². The van der Waals surface area contributed by atoms with Gasteiger partial charge < -0.3 is 19.5 Å². The Balaban J connectivity index is 3.14. The van der Waals surface area contributed by atoms with Gasteiger partial charge in [0.25, 0.3) is 0 Å². The van der Waals surface area contributed by atoms with E-state index in [0.717, 1.165) is 11.3 Å². The summed E-state index contributed by atoms with van der Waals surface area (Å²) < 4.78 is 10.5. The first-order chi connectivity index (χ1) is 8.52. The zero-order valence-corrected chi connectivity index (χ0v) is 11.8. The van der Waals surface area contributed by atoms with Crippen LogP contribution >= 0.6 is 0 Å². The summed E-state index contributed by atoms with van der Waals surface area (Å²) in [7, 11) is 5.29. The molecule has 1 aromatic carbocycles. The number of hydrogen-bond acceptors (Lipinski definition) is 4. The fourth-order valence-electron chi connectivity index (χ4n) is 2.03. The Bertz CT molecular complexity index is 379. The Hall–Kier alpha value is -1.26. The first-order valence-electron chi connectivity index (χ1n) is 6.09. The highest BCUT2D eigenvalue weighted by molar-refractivity contribution is 5.60. The second-order valence-electron chi connectivity index (χ2n) is 4.48. The molecule has 0 fully saturated rings. The van der Waals surface area contributed by atoms with Crippen molar-refractivity contribution in [2.75, 3.05) is 32.8 Å². The van der Waals surface area contributed by atoms with E-state index in [1.165, 1.54) is 0 Å². The summed E-state index contributed by atoms with van der Waals surface area (Å²) in [6, 6.07) is 5.99. The number of methoxy groups -OCH3 is 2. The lowest BCUT2D eigenvalue weighted by Crippen LogP contribution is -2.33. The van der Waals surface area contributed by atoms with Crippen molar-refractivity contribution in [2.45, 2.75) is 26.0 Å². The van der Waals surface area contributed by atoms with E-state index in [-0.39, 0.29) is 6.04 Å². The van der Waals surface area contributed by atoms with Gasteiger partial charge in [-0.3, -0.25) is 0 Å². The van der Waals surface area contributed by atoms with Gasteiger partial charge in [-0.05, 0) is 26.0 Å². The number of aliphatic hydroxyl groups is 1. The van der Waals surface area contributed by atoms with Crippen LogP contribution < -0.4 is 9.64 Å². The third-order valence-corrected chi connectivity index (χ3v) is 3.13. The summed E-state index contributed by atoms with van der Waals surface area (Å²) in [5.41, 5.74) is 1.78. The molecule has 2 atom stereocenters. The molecule has 0 aliphatic rings. The molecule has 0 heterocycles. The molecule has 4 heteroatoms. The Morgan fingerprint density at radius 2 is 1.94 bits per heavy atom. The third-order valence-electron chi connectivity index (χ3n) is 3.13. The van der Waals surface area contributed by atoms with Crippen LogP contribution in [0.3, 0.4) is 0 Å². The molecule has 18 heavy (non-hydrogen) atoms. The van der Waals surface area contributed by atoms with E-state index in [4.69, 9.17) is 9.47 Å². The van der Waals surface area contributed by atoms with Crippen LogP contribution in [0.15, 0.2) is 18.2 Å². The summed E-state index contributed by atoms with van der Waals surface area (Å²) in [5, 5.41) is 9.94. The topological polar surface area (TPSA) is 41.9 Å². The zero-order chi connectivity index (χ0) is 13.7. The SMILES string of the molecule is COCC(C)N(C)c1cccc(OC)c1[C@@H](C)O. The monoisotopic (exact) mass is 253 g/mol. The van der Waals surface area contributed by atoms with E-state index in [0.29, 0.717) is 12.4 Å². The highest BCUT2D eigenvalue weighted by Gasteiger charge is 2.19. The van der Waals surface area contributed by atoms with Crippen LogP contribution in [0.25, 0.3) is 0 Å². The lowest BCUT2D eigenvalue weighted by atomic mass is 10.0. The summed E-state index contributed by atoms with van der Waals surface area (Å²) in [5.74, 6) is 0.707. The van der Waals surface area contributed by atoms with E-state index in [1.54, 1.807) is 21.1 Å². The molecular weight excluding hydrogens is 230 g/mol. The second kappa shape index (κ2) is 6.61. The normalized spacial score (nSPS) is 14.1. The fraction of sp³-hybridized carbons (Fsp3) is 0.571. The second-order valence-corrected chi connectivity index (χ2v) is 4.48. The largest absolute Gasteiger partial charge is 0.496 e. The molecule has 102 valence electrons. The van der Waals surface area contributed by atoms with Crippen LogP contribution in [-0.4, -0.2) is 39.0 Å². The maximum atomic E-state index is 9.94. The number of anilines is 1. The number of ether oxygens (including phenoxy) is 2. The van der Waals surface area contributed by atoms with Crippen molar-refractivity contribution < 1.29 is 14.6 Å². The van der Waals surface area contributed by atoms with Crippen LogP contribution in [0.4, 0.5) is 5.69 Å². The molecule has 0 spiro atoms. The fourth-order valence-corrected chi connectivity index (χ4v) is 2.03. The summed E-state index contributed by atoms with van der Waals surface area (Å²) in [4.78, 5) is 2.09. The van der Waals surface area contributed by atoms with Gasteiger partial charge in [-0.25, -0.2) is 0 Å². The predicted molar refractivity (Wildman–Crippen MR) is 73.4 cm³/mol. The molecule has 1 N–H and O–H groups in total. The third kappa shape index (κ3) is 3.15. The lowest BCUT2D eigenvalue weighted by Gasteiger charge is -2.30. The first-order valence-corrected chi connectivity index (χ1v) is 6.09. The van der Waals surface area contributed by atoms with E-state index < -0.39 is 6.10 Å². The van der Waals surface area contributed by atoms with Crippen molar-refractivity contribution in [2.24, 2.45) is 0 Å². The average molecular weight is 253 g/mol. The van der Waals surface area contributed by atoms with E-state index in [9.17, 15) is 5.11 Å². The number of aliphatic hydroxyl groups excluding tert-OH is 1. The maximum Gasteiger partial charge on any atom is 0.126 e. The zero-order valence-electron chi connectivity index (χ0n) is 11.8. The standard InChI is InChI=1S/C14H23NO3/c1-10(9-17-4)15(3)12-7-6-8-13(18-5)14(12)11(2)16/h6-8,10-11,16H,9H2,1-5H3/t10?,11-/m1/s1. The molecule has 1 aromatic rings. The predicted octanol–water partition coefficient (Wildman–Crippen LogP) is 2.22. The van der Waals surface area contributed by atoms with Gasteiger partial charge in [0.1, 0.15) is 5.75 Å². The Kier molecular flexibility index (Phi) is 5.44. The Morgan fingerprint density at radius 3 is 2.44 bits per heavy atom. The van der Waals surface area contributed by atoms with Crippen molar-refractivity contribution in [1.82, 2.24) is 0 Å². The lowest BCUT2D eigenvalue weighted by molar-refractivity contribution is 0.181. The average Bonchev–Trinajstić information content (AvgIpc) is 2.36. The molecule has 0 aliphatic heterocycles. The van der Waals surface area contributed by atoms with Crippen LogP contribution in [-0.2, 0) is 4.74 Å². The van der Waals surface area contributed by atoms with Crippen molar-refractivity contribution >= 4 is 5.69 Å². The molecule has 4 nitrogen and oxygen atoms in total. The Labute approximate surface area is 109 Å². The van der Waals surface area contributed by atoms with Crippen molar-refractivity contribution in [3.8, 4) is 5.75 Å². The minimum absolute atomic E-state index is 0.222. The number of benzene rings is 1. The Morgan fingerprint density at radius 1 is 1.28 bits per heavy atom. The smallest absolute Gasteiger partial charge is 0.126 e. The van der Waals surface area contributed by atoms with Gasteiger partial charge in [-0.2, -0.15) is 0 Å². The minimum atomic E-state index is -0.576. The quantitative estimate of drug-likeness (QED) is 0.844. The van der Waals surface area contributed by atoms with Crippen LogP contribution in [0, 0.1) is 0 Å². The van der Waals surface area contributed by atoms with Gasteiger partial charge in [0.05, 0.1) is 19.8 Å².